The summed E-state index contributed by atoms with van der Waals surface area (Å²) in [5, 5.41) is 3.82. The molecule has 3 rings (SSSR count). The largest absolute Gasteiger partial charge is 0.496 e. The van der Waals surface area contributed by atoms with Crippen molar-refractivity contribution in [3.8, 4) is 11.5 Å². The standard InChI is InChI=1S/C25H31N3O3/c1-15(2)19-12-21(24(31-8)13-23(19)30-7)17(4)28(25(29)26-5)18-9-10-22-20(11-18)16(3)14-27(22)6/h9-15H,4H2,1-3,5-8H3,(H,26,29). The zero-order chi connectivity index (χ0) is 22.9. The fourth-order valence-corrected chi connectivity index (χ4v) is 3.94. The molecule has 2 aromatic carbocycles. The van der Waals surface area contributed by atoms with Crippen LogP contribution >= 0.6 is 0 Å². The van der Waals surface area contributed by atoms with Crippen LogP contribution < -0.4 is 19.7 Å². The van der Waals surface area contributed by atoms with Crippen molar-refractivity contribution in [3.05, 3.63) is 59.8 Å². The van der Waals surface area contributed by atoms with E-state index in [1.807, 2.05) is 37.4 Å². The highest BCUT2D eigenvalue weighted by atomic mass is 16.5. The number of fused-ring (bicyclic) bond motifs is 1. The van der Waals surface area contributed by atoms with E-state index >= 15 is 0 Å². The van der Waals surface area contributed by atoms with Gasteiger partial charge in [-0.3, -0.25) is 4.90 Å². The molecule has 0 radical (unpaired) electrons. The van der Waals surface area contributed by atoms with Crippen LogP contribution in [0.4, 0.5) is 10.5 Å². The van der Waals surface area contributed by atoms with E-state index in [1.165, 1.54) is 0 Å². The number of anilines is 1. The molecule has 3 aromatic rings. The Labute approximate surface area is 184 Å². The molecule has 0 atom stereocenters. The lowest BCUT2D eigenvalue weighted by molar-refractivity contribution is 0.250. The summed E-state index contributed by atoms with van der Waals surface area (Å²) < 4.78 is 13.3. The smallest absolute Gasteiger partial charge is 0.326 e. The summed E-state index contributed by atoms with van der Waals surface area (Å²) in [7, 11) is 6.87. The molecule has 0 aliphatic heterocycles. The van der Waals surface area contributed by atoms with Gasteiger partial charge in [-0.05, 0) is 48.2 Å². The summed E-state index contributed by atoms with van der Waals surface area (Å²) in [6, 6.07) is 9.54. The number of hydrogen-bond acceptors (Lipinski definition) is 3. The maximum absolute atomic E-state index is 13.0. The van der Waals surface area contributed by atoms with Gasteiger partial charge in [0.2, 0.25) is 0 Å². The number of hydrogen-bond donors (Lipinski definition) is 1. The van der Waals surface area contributed by atoms with Gasteiger partial charge in [-0.15, -0.1) is 0 Å². The number of rotatable bonds is 6. The molecular weight excluding hydrogens is 390 g/mol. The van der Waals surface area contributed by atoms with Gasteiger partial charge in [0.25, 0.3) is 0 Å². The van der Waals surface area contributed by atoms with E-state index < -0.39 is 0 Å². The molecular formula is C25H31N3O3. The van der Waals surface area contributed by atoms with Crippen LogP contribution in [0.5, 0.6) is 11.5 Å². The Hall–Kier alpha value is -3.41. The summed E-state index contributed by atoms with van der Waals surface area (Å²) >= 11 is 0. The quantitative estimate of drug-likeness (QED) is 0.576. The number of nitrogens with zero attached hydrogens (tertiary/aromatic N) is 2. The van der Waals surface area contributed by atoms with E-state index in [2.05, 4.69) is 43.4 Å². The van der Waals surface area contributed by atoms with Crippen molar-refractivity contribution in [1.82, 2.24) is 9.88 Å². The molecule has 1 N–H and O–H groups in total. The van der Waals surface area contributed by atoms with Gasteiger partial charge in [0.15, 0.2) is 0 Å². The third-order valence-electron chi connectivity index (χ3n) is 5.60. The van der Waals surface area contributed by atoms with E-state index in [1.54, 1.807) is 26.2 Å². The summed E-state index contributed by atoms with van der Waals surface area (Å²) in [6.07, 6.45) is 2.08. The lowest BCUT2D eigenvalue weighted by Gasteiger charge is -2.27. The number of methoxy groups -OCH3 is 2. The van der Waals surface area contributed by atoms with Crippen LogP contribution in [-0.2, 0) is 7.05 Å². The molecule has 6 heteroatoms. The van der Waals surface area contributed by atoms with E-state index in [-0.39, 0.29) is 11.9 Å². The van der Waals surface area contributed by atoms with Crippen molar-refractivity contribution in [2.75, 3.05) is 26.2 Å². The Morgan fingerprint density at radius 2 is 1.81 bits per heavy atom. The first-order valence-corrected chi connectivity index (χ1v) is 10.3. The number of urea groups is 1. The topological polar surface area (TPSA) is 55.7 Å². The zero-order valence-corrected chi connectivity index (χ0v) is 19.4. The Balaban J connectivity index is 2.18. The second kappa shape index (κ2) is 8.76. The molecule has 0 bridgehead atoms. The minimum absolute atomic E-state index is 0.226. The SMILES string of the molecule is C=C(c1cc(C(C)C)c(OC)cc1OC)N(C(=O)NC)c1ccc2c(c1)c(C)cn2C. The fraction of sp³-hybridized carbons (Fsp3) is 0.320. The predicted octanol–water partition coefficient (Wildman–Crippen LogP) is 5.44. The molecule has 0 saturated carbocycles. The van der Waals surface area contributed by atoms with E-state index in [9.17, 15) is 4.79 Å². The molecule has 31 heavy (non-hydrogen) atoms. The third kappa shape index (κ3) is 3.98. The number of ether oxygens (including phenoxy) is 2. The van der Waals surface area contributed by atoms with Crippen LogP contribution in [0.15, 0.2) is 43.1 Å². The molecule has 0 spiro atoms. The van der Waals surface area contributed by atoms with Gasteiger partial charge in [0.1, 0.15) is 11.5 Å². The Bertz CT molecular complexity index is 1140. The Morgan fingerprint density at radius 3 is 2.39 bits per heavy atom. The maximum atomic E-state index is 13.0. The minimum atomic E-state index is -0.276. The van der Waals surface area contributed by atoms with Gasteiger partial charge in [-0.2, -0.15) is 0 Å². The fourth-order valence-electron chi connectivity index (χ4n) is 3.94. The normalized spacial score (nSPS) is 11.0. The van der Waals surface area contributed by atoms with Crippen molar-refractivity contribution in [1.29, 1.82) is 0 Å². The first-order chi connectivity index (χ1) is 14.7. The number of aromatic nitrogens is 1. The van der Waals surface area contributed by atoms with Crippen LogP contribution in [0.1, 0.15) is 36.5 Å². The number of carbonyl (C=O) groups is 1. The highest BCUT2D eigenvalue weighted by Gasteiger charge is 2.24. The van der Waals surface area contributed by atoms with Crippen molar-refractivity contribution in [2.24, 2.45) is 7.05 Å². The van der Waals surface area contributed by atoms with Gasteiger partial charge in [0, 0.05) is 42.8 Å². The van der Waals surface area contributed by atoms with Crippen molar-refractivity contribution >= 4 is 28.3 Å². The molecule has 0 aliphatic rings. The predicted molar refractivity (Wildman–Crippen MR) is 127 cm³/mol. The monoisotopic (exact) mass is 421 g/mol. The van der Waals surface area contributed by atoms with E-state index in [4.69, 9.17) is 9.47 Å². The van der Waals surface area contributed by atoms with Gasteiger partial charge in [-0.1, -0.05) is 20.4 Å². The molecule has 6 nitrogen and oxygen atoms in total. The molecule has 1 aromatic heterocycles. The summed E-state index contributed by atoms with van der Waals surface area (Å²) in [5.41, 5.74) is 5.26. The average Bonchev–Trinajstić information content (AvgIpc) is 3.05. The highest BCUT2D eigenvalue weighted by molar-refractivity contribution is 6.06. The lowest BCUT2D eigenvalue weighted by Crippen LogP contribution is -2.36. The number of benzene rings is 2. The number of amides is 2. The second-order valence-corrected chi connectivity index (χ2v) is 7.91. The van der Waals surface area contributed by atoms with Crippen molar-refractivity contribution in [3.63, 3.8) is 0 Å². The van der Waals surface area contributed by atoms with E-state index in [0.29, 0.717) is 11.4 Å². The number of carbonyl (C=O) groups excluding carboxylic acids is 1. The van der Waals surface area contributed by atoms with Gasteiger partial charge >= 0.3 is 6.03 Å². The van der Waals surface area contributed by atoms with E-state index in [0.717, 1.165) is 39.0 Å². The summed E-state index contributed by atoms with van der Waals surface area (Å²) in [5.74, 6) is 1.57. The Kier molecular flexibility index (Phi) is 6.29. The maximum Gasteiger partial charge on any atom is 0.326 e. The molecule has 0 unspecified atom stereocenters. The van der Waals surface area contributed by atoms with Crippen LogP contribution in [0.3, 0.4) is 0 Å². The first-order valence-electron chi connectivity index (χ1n) is 10.3. The van der Waals surface area contributed by atoms with Gasteiger partial charge < -0.3 is 19.4 Å². The molecule has 1 heterocycles. The molecule has 2 amide bonds. The van der Waals surface area contributed by atoms with Gasteiger partial charge in [0.05, 0.1) is 25.6 Å². The highest BCUT2D eigenvalue weighted by Crippen LogP contribution is 2.39. The summed E-state index contributed by atoms with van der Waals surface area (Å²) in [4.78, 5) is 14.6. The van der Waals surface area contributed by atoms with Crippen molar-refractivity contribution < 1.29 is 14.3 Å². The minimum Gasteiger partial charge on any atom is -0.496 e. The van der Waals surface area contributed by atoms with Crippen LogP contribution in [0.25, 0.3) is 16.6 Å². The molecule has 0 fully saturated rings. The zero-order valence-electron chi connectivity index (χ0n) is 19.4. The van der Waals surface area contributed by atoms with Crippen LogP contribution in [0, 0.1) is 6.92 Å². The second-order valence-electron chi connectivity index (χ2n) is 7.91. The number of nitrogens with one attached hydrogen (secondary N) is 1. The van der Waals surface area contributed by atoms with Crippen LogP contribution in [-0.4, -0.2) is 31.9 Å². The molecule has 0 aliphatic carbocycles. The average molecular weight is 422 g/mol. The first kappa shape index (κ1) is 22.3. The number of aryl methyl sites for hydroxylation is 2. The summed E-state index contributed by atoms with van der Waals surface area (Å²) in [6.45, 7) is 10.5. The van der Waals surface area contributed by atoms with Crippen LogP contribution in [0.2, 0.25) is 0 Å². The molecule has 164 valence electrons. The third-order valence-corrected chi connectivity index (χ3v) is 5.60. The van der Waals surface area contributed by atoms with Crippen molar-refractivity contribution in [2.45, 2.75) is 26.7 Å². The Morgan fingerprint density at radius 1 is 1.13 bits per heavy atom. The molecule has 0 saturated heterocycles. The van der Waals surface area contributed by atoms with Gasteiger partial charge in [-0.25, -0.2) is 4.79 Å². The lowest BCUT2D eigenvalue weighted by atomic mass is 9.97.